The van der Waals surface area contributed by atoms with Crippen LogP contribution < -0.4 is 0 Å². The smallest absolute Gasteiger partial charge is 0.473 e. The molecular weight excluding hydrogens is 729 g/mol. The highest BCUT2D eigenvalue weighted by molar-refractivity contribution is 7.48. The van der Waals surface area contributed by atoms with Gasteiger partial charge in [-0.2, -0.15) is 0 Å². The summed E-state index contributed by atoms with van der Waals surface area (Å²) in [6.07, 6.45) is -16.7. The quantitative estimate of drug-likeness (QED) is 0.0497. The molecule has 0 aliphatic heterocycles. The molecule has 0 aromatic rings. The summed E-state index contributed by atoms with van der Waals surface area (Å²) < 4.78 is 81.9. The number of ether oxygens (including phenoxy) is 3. The minimum absolute atomic E-state index is 0.467. The molecule has 1 rings (SSSR count). The van der Waals surface area contributed by atoms with E-state index in [1.165, 1.54) is 20.8 Å². The topological polar surface area (TPSA) is 358 Å². The van der Waals surface area contributed by atoms with Gasteiger partial charge in [-0.05, 0) is 0 Å². The van der Waals surface area contributed by atoms with Gasteiger partial charge in [0.15, 0.2) is 38.1 Å². The van der Waals surface area contributed by atoms with Crippen LogP contribution in [0.3, 0.4) is 0 Å². The van der Waals surface area contributed by atoms with Gasteiger partial charge >= 0.3 is 59.3 Å². The molecule has 0 amide bonds. The number of aliphatic carboxylic acids is 3. The van der Waals surface area contributed by atoms with Gasteiger partial charge in [0, 0.05) is 19.3 Å². The number of carbonyl (C=O) groups is 6. The molecule has 276 valence electrons. The summed E-state index contributed by atoms with van der Waals surface area (Å²) in [7, 11) is -17.3. The molecule has 1 aliphatic rings. The molecule has 1 aliphatic carbocycles. The first-order valence-corrected chi connectivity index (χ1v) is 17.8. The van der Waals surface area contributed by atoms with Gasteiger partial charge in [0.1, 0.15) is 18.3 Å². The van der Waals surface area contributed by atoms with E-state index in [0.29, 0.717) is 0 Å². The molecule has 9 atom stereocenters. The fourth-order valence-corrected chi connectivity index (χ4v) is 6.20. The molecule has 6 N–H and O–H groups in total. The van der Waals surface area contributed by atoms with E-state index in [9.17, 15) is 57.1 Å². The minimum atomic E-state index is -5.81. The van der Waals surface area contributed by atoms with Crippen LogP contribution in [0.1, 0.15) is 40.0 Å². The highest BCUT2D eigenvalue weighted by Crippen LogP contribution is 2.55. The average molecular weight is 762 g/mol. The standard InChI is InChI=1S/C21H33O24P3/c1-4-13(28)40-16-17(41-14(29)5-2)19(43-46(31,32)37-7-10(22)23)21(45-48(35,36)39-9-12(26)27)20(18(16)42-15(30)6-3)44-47(33,34)38-8-11(24)25/h16-21H,4-9H2,1-3H3,(H,22,23)(H,24,25)(H,26,27)(H,31,32)(H,33,34)(H,35,36)/t16?,17-,18+,19-,20-,21?/m1/s1. The third-order valence-electron chi connectivity index (χ3n) is 5.43. The van der Waals surface area contributed by atoms with Crippen molar-refractivity contribution in [3.8, 4) is 0 Å². The zero-order valence-electron chi connectivity index (χ0n) is 25.1. The van der Waals surface area contributed by atoms with Gasteiger partial charge in [-0.25, -0.2) is 28.1 Å². The number of phosphoric acid groups is 3. The van der Waals surface area contributed by atoms with Crippen LogP contribution in [0.5, 0.6) is 0 Å². The Morgan fingerprint density at radius 2 is 0.667 bits per heavy atom. The number of carboxylic acids is 3. The first kappa shape index (κ1) is 43.2. The second kappa shape index (κ2) is 18.8. The minimum Gasteiger partial charge on any atom is -0.480 e. The van der Waals surface area contributed by atoms with Crippen LogP contribution in [0.2, 0.25) is 0 Å². The lowest BCUT2D eigenvalue weighted by Gasteiger charge is -2.48. The molecule has 27 heteroatoms. The van der Waals surface area contributed by atoms with Crippen LogP contribution in [0.25, 0.3) is 0 Å². The Kier molecular flexibility index (Phi) is 16.9. The van der Waals surface area contributed by atoms with Crippen molar-refractivity contribution in [2.45, 2.75) is 76.7 Å². The fourth-order valence-electron chi connectivity index (χ4n) is 3.55. The van der Waals surface area contributed by atoms with Gasteiger partial charge in [0.05, 0.1) is 0 Å². The number of hydrogen-bond acceptors (Lipinski definition) is 18. The fraction of sp³-hybridized carbons (Fsp3) is 0.714. The third-order valence-corrected chi connectivity index (χ3v) is 8.33. The molecule has 5 unspecified atom stereocenters. The largest absolute Gasteiger partial charge is 0.480 e. The van der Waals surface area contributed by atoms with Crippen molar-refractivity contribution >= 4 is 59.3 Å². The molecule has 24 nitrogen and oxygen atoms in total. The van der Waals surface area contributed by atoms with Crippen LogP contribution in [0.4, 0.5) is 0 Å². The monoisotopic (exact) mass is 762 g/mol. The predicted octanol–water partition coefficient (Wildman–Crippen LogP) is -0.274. The number of carboxylic acid groups (broad SMARTS) is 3. The average Bonchev–Trinajstić information content (AvgIpc) is 2.98. The molecule has 1 fully saturated rings. The lowest BCUT2D eigenvalue weighted by atomic mass is 9.84. The van der Waals surface area contributed by atoms with E-state index >= 15 is 0 Å². The second-order valence-corrected chi connectivity index (χ2v) is 13.3. The molecule has 0 heterocycles. The maximum absolute atomic E-state index is 12.9. The summed E-state index contributed by atoms with van der Waals surface area (Å²) in [6, 6.07) is 0. The SMILES string of the molecule is CCC(=O)OC1[C@@H](OC(=O)CC)[C@@H](OP(=O)(O)OCC(=O)O)C(OP(=O)(O)OCC(=O)O)[C@H](OP(=O)(O)OCC(=O)O)[C@H]1OC(=O)CC. The van der Waals surface area contributed by atoms with Gasteiger partial charge in [0.2, 0.25) is 0 Å². The van der Waals surface area contributed by atoms with Crippen molar-refractivity contribution < 1.29 is 114 Å². The van der Waals surface area contributed by atoms with Crippen LogP contribution in [0.15, 0.2) is 0 Å². The lowest BCUT2D eigenvalue weighted by Crippen LogP contribution is -2.68. The lowest BCUT2D eigenvalue weighted by molar-refractivity contribution is -0.241. The summed E-state index contributed by atoms with van der Waals surface area (Å²) in [5.41, 5.74) is 0. The zero-order chi connectivity index (χ0) is 37.0. The Bertz CT molecular complexity index is 1260. The molecule has 0 radical (unpaired) electrons. The highest BCUT2D eigenvalue weighted by Gasteiger charge is 2.62. The van der Waals surface area contributed by atoms with Crippen LogP contribution in [-0.2, 0) is 83.8 Å². The summed E-state index contributed by atoms with van der Waals surface area (Å²) in [4.78, 5) is 102. The highest BCUT2D eigenvalue weighted by atomic mass is 31.2. The Labute approximate surface area is 269 Å². The normalized spacial score (nSPS) is 26.1. The van der Waals surface area contributed by atoms with Gasteiger partial charge in [-0.15, -0.1) is 0 Å². The Morgan fingerprint density at radius 1 is 0.458 bits per heavy atom. The third kappa shape index (κ3) is 14.7. The Balaban J connectivity index is 4.15. The van der Waals surface area contributed by atoms with Gasteiger partial charge in [0.25, 0.3) is 0 Å². The molecule has 0 aromatic carbocycles. The molecule has 0 spiro atoms. The van der Waals surface area contributed by atoms with E-state index < -0.39 is 135 Å². The maximum Gasteiger partial charge on any atom is 0.473 e. The number of carbonyl (C=O) groups excluding carboxylic acids is 3. The summed E-state index contributed by atoms with van der Waals surface area (Å²) in [5.74, 6) is -9.16. The molecule has 0 saturated heterocycles. The first-order chi connectivity index (χ1) is 22.1. The van der Waals surface area contributed by atoms with Crippen molar-refractivity contribution in [3.05, 3.63) is 0 Å². The predicted molar refractivity (Wildman–Crippen MR) is 145 cm³/mol. The molecule has 48 heavy (non-hydrogen) atoms. The van der Waals surface area contributed by atoms with Crippen molar-refractivity contribution in [2.24, 2.45) is 0 Å². The van der Waals surface area contributed by atoms with E-state index in [1.807, 2.05) is 0 Å². The first-order valence-electron chi connectivity index (χ1n) is 13.3. The van der Waals surface area contributed by atoms with Crippen molar-refractivity contribution in [1.82, 2.24) is 0 Å². The second-order valence-electron chi connectivity index (χ2n) is 9.04. The van der Waals surface area contributed by atoms with E-state index in [-0.39, 0.29) is 0 Å². The van der Waals surface area contributed by atoms with Crippen LogP contribution >= 0.6 is 23.5 Å². The summed E-state index contributed by atoms with van der Waals surface area (Å²) >= 11 is 0. The van der Waals surface area contributed by atoms with E-state index in [0.717, 1.165) is 0 Å². The number of phosphoric ester groups is 3. The number of esters is 3. The van der Waals surface area contributed by atoms with E-state index in [1.54, 1.807) is 0 Å². The molecule has 0 bridgehead atoms. The Morgan fingerprint density at radius 3 is 0.875 bits per heavy atom. The maximum atomic E-state index is 12.9. The van der Waals surface area contributed by atoms with Crippen molar-refractivity contribution in [2.75, 3.05) is 19.8 Å². The summed E-state index contributed by atoms with van der Waals surface area (Å²) in [6.45, 7) is -0.948. The summed E-state index contributed by atoms with van der Waals surface area (Å²) in [5, 5.41) is 26.6. The number of hydrogen-bond donors (Lipinski definition) is 6. The van der Waals surface area contributed by atoms with Gasteiger partial charge < -0.3 is 44.2 Å². The number of rotatable bonds is 21. The van der Waals surface area contributed by atoms with E-state index in [4.69, 9.17) is 43.1 Å². The molecule has 1 saturated carbocycles. The van der Waals surface area contributed by atoms with Gasteiger partial charge in [-0.1, -0.05) is 20.8 Å². The van der Waals surface area contributed by atoms with Crippen LogP contribution in [0, 0.1) is 0 Å². The van der Waals surface area contributed by atoms with Crippen LogP contribution in [-0.4, -0.2) is 122 Å². The van der Waals surface area contributed by atoms with Crippen molar-refractivity contribution in [1.29, 1.82) is 0 Å². The van der Waals surface area contributed by atoms with Crippen molar-refractivity contribution in [3.63, 3.8) is 0 Å². The molecular formula is C21H33O24P3. The van der Waals surface area contributed by atoms with E-state index in [2.05, 4.69) is 13.6 Å². The molecule has 0 aromatic heterocycles. The Hall–Kier alpha value is -2.85. The van der Waals surface area contributed by atoms with Gasteiger partial charge in [-0.3, -0.25) is 41.5 Å². The zero-order valence-corrected chi connectivity index (χ0v) is 27.8.